The number of carboxylic acid groups (broad SMARTS) is 1. The average Bonchev–Trinajstić information content (AvgIpc) is 2.97. The number of hydrogen-bond acceptors (Lipinski definition) is 4. The Kier molecular flexibility index (Phi) is 4.20. The van der Waals surface area contributed by atoms with Gasteiger partial charge in [-0.25, -0.2) is 14.5 Å². The Hall–Kier alpha value is -2.21. The van der Waals surface area contributed by atoms with Gasteiger partial charge in [0, 0.05) is 19.5 Å². The zero-order valence-electron chi connectivity index (χ0n) is 12.6. The molecule has 0 spiro atoms. The lowest BCUT2D eigenvalue weighted by molar-refractivity contribution is 0.0697. The quantitative estimate of drug-likeness (QED) is 0.884. The minimum atomic E-state index is -0.896. The molecule has 2 N–H and O–H groups in total. The minimum absolute atomic E-state index is 0.209. The summed E-state index contributed by atoms with van der Waals surface area (Å²) in [6.07, 6.45) is 2.99. The number of fused-ring (bicyclic) bond motifs is 1. The van der Waals surface area contributed by atoms with Gasteiger partial charge in [-0.3, -0.25) is 0 Å². The van der Waals surface area contributed by atoms with E-state index < -0.39 is 5.97 Å². The molecule has 6 nitrogen and oxygen atoms in total. The molecule has 2 aromatic rings. The monoisotopic (exact) mass is 300 g/mol. The fraction of sp³-hybridized carbons (Fsp3) is 0.438. The maximum Gasteiger partial charge on any atom is 0.335 e. The molecule has 2 heterocycles. The molecule has 0 radical (unpaired) electrons. The lowest BCUT2D eigenvalue weighted by Crippen LogP contribution is -2.28. The molecule has 1 aromatic carbocycles. The molecule has 116 valence electrons. The van der Waals surface area contributed by atoms with Crippen LogP contribution in [0, 0.1) is 0 Å². The number of benzene rings is 1. The Bertz CT molecular complexity index is 663. The third kappa shape index (κ3) is 3.01. The summed E-state index contributed by atoms with van der Waals surface area (Å²) < 4.78 is 2.01. The fourth-order valence-electron chi connectivity index (χ4n) is 2.75. The van der Waals surface area contributed by atoms with Crippen molar-refractivity contribution in [1.29, 1.82) is 0 Å². The van der Waals surface area contributed by atoms with Crippen LogP contribution in [0.3, 0.4) is 0 Å². The van der Waals surface area contributed by atoms with Crippen molar-refractivity contribution in [3.05, 3.63) is 47.0 Å². The number of nitrogens with one attached hydrogen (secondary N) is 1. The molecule has 1 aliphatic rings. The van der Waals surface area contributed by atoms with Crippen molar-refractivity contribution in [2.75, 3.05) is 0 Å². The Labute approximate surface area is 129 Å². The highest BCUT2D eigenvalue weighted by atomic mass is 16.4. The Morgan fingerprint density at radius 2 is 2.18 bits per heavy atom. The molecular formula is C16H20N4O2. The van der Waals surface area contributed by atoms with E-state index in [4.69, 9.17) is 5.11 Å². The SMILES string of the molecule is CCc1nc2n(n1)CCCC2NCc1ccc(C(=O)O)cc1. The summed E-state index contributed by atoms with van der Waals surface area (Å²) in [5.41, 5.74) is 1.38. The second kappa shape index (κ2) is 6.27. The highest BCUT2D eigenvalue weighted by molar-refractivity contribution is 5.87. The zero-order valence-corrected chi connectivity index (χ0v) is 12.6. The molecule has 1 atom stereocenters. The second-order valence-electron chi connectivity index (χ2n) is 5.54. The Morgan fingerprint density at radius 1 is 1.41 bits per heavy atom. The fourth-order valence-corrected chi connectivity index (χ4v) is 2.75. The van der Waals surface area contributed by atoms with Crippen LogP contribution in [-0.4, -0.2) is 25.8 Å². The topological polar surface area (TPSA) is 80.0 Å². The molecule has 0 aliphatic carbocycles. The van der Waals surface area contributed by atoms with Crippen LogP contribution in [0.1, 0.15) is 53.4 Å². The minimum Gasteiger partial charge on any atom is -0.478 e. The van der Waals surface area contributed by atoms with Crippen molar-refractivity contribution >= 4 is 5.97 Å². The third-order valence-electron chi connectivity index (χ3n) is 3.99. The Balaban J connectivity index is 1.67. The summed E-state index contributed by atoms with van der Waals surface area (Å²) in [4.78, 5) is 15.5. The lowest BCUT2D eigenvalue weighted by Gasteiger charge is -2.23. The summed E-state index contributed by atoms with van der Waals surface area (Å²) in [5, 5.41) is 16.9. The first-order valence-electron chi connectivity index (χ1n) is 7.66. The number of hydrogen-bond donors (Lipinski definition) is 2. The molecule has 3 rings (SSSR count). The summed E-state index contributed by atoms with van der Waals surface area (Å²) in [5.74, 6) is 1.02. The lowest BCUT2D eigenvalue weighted by atomic mass is 10.1. The van der Waals surface area contributed by atoms with E-state index in [0.29, 0.717) is 12.1 Å². The van der Waals surface area contributed by atoms with Crippen molar-refractivity contribution < 1.29 is 9.90 Å². The van der Waals surface area contributed by atoms with E-state index in [1.54, 1.807) is 12.1 Å². The number of aromatic nitrogens is 3. The van der Waals surface area contributed by atoms with Gasteiger partial charge in [-0.05, 0) is 30.5 Å². The number of carbonyl (C=O) groups is 1. The van der Waals surface area contributed by atoms with Crippen LogP contribution in [0.2, 0.25) is 0 Å². The first kappa shape index (κ1) is 14.7. The predicted molar refractivity (Wildman–Crippen MR) is 81.6 cm³/mol. The largest absolute Gasteiger partial charge is 0.478 e. The number of carboxylic acids is 1. The van der Waals surface area contributed by atoms with E-state index in [1.807, 2.05) is 16.8 Å². The summed E-state index contributed by atoms with van der Waals surface area (Å²) >= 11 is 0. The first-order chi connectivity index (χ1) is 10.7. The molecule has 0 saturated heterocycles. The van der Waals surface area contributed by atoms with E-state index in [9.17, 15) is 4.79 Å². The molecule has 1 aromatic heterocycles. The number of aryl methyl sites for hydroxylation is 2. The summed E-state index contributed by atoms with van der Waals surface area (Å²) in [6, 6.07) is 7.18. The van der Waals surface area contributed by atoms with E-state index in [2.05, 4.69) is 22.3 Å². The van der Waals surface area contributed by atoms with Gasteiger partial charge in [-0.2, -0.15) is 5.10 Å². The normalized spacial score (nSPS) is 17.2. The molecule has 1 aliphatic heterocycles. The van der Waals surface area contributed by atoms with E-state index >= 15 is 0 Å². The maximum absolute atomic E-state index is 10.9. The molecular weight excluding hydrogens is 280 g/mol. The summed E-state index contributed by atoms with van der Waals surface area (Å²) in [6.45, 7) is 3.69. The highest BCUT2D eigenvalue weighted by Gasteiger charge is 2.23. The van der Waals surface area contributed by atoms with Crippen LogP contribution in [0.5, 0.6) is 0 Å². The van der Waals surface area contributed by atoms with Crippen molar-refractivity contribution in [2.24, 2.45) is 0 Å². The molecule has 0 bridgehead atoms. The second-order valence-corrected chi connectivity index (χ2v) is 5.54. The number of nitrogens with zero attached hydrogens (tertiary/aromatic N) is 3. The molecule has 0 fully saturated rings. The molecule has 6 heteroatoms. The van der Waals surface area contributed by atoms with Crippen molar-refractivity contribution in [2.45, 2.75) is 45.3 Å². The van der Waals surface area contributed by atoms with Gasteiger partial charge in [0.1, 0.15) is 5.82 Å². The molecule has 1 unspecified atom stereocenters. The van der Waals surface area contributed by atoms with Gasteiger partial charge in [-0.1, -0.05) is 19.1 Å². The van der Waals surface area contributed by atoms with Crippen LogP contribution >= 0.6 is 0 Å². The average molecular weight is 300 g/mol. The Morgan fingerprint density at radius 3 is 2.86 bits per heavy atom. The maximum atomic E-state index is 10.9. The van der Waals surface area contributed by atoms with Crippen molar-refractivity contribution in [3.63, 3.8) is 0 Å². The molecule has 22 heavy (non-hydrogen) atoms. The highest BCUT2D eigenvalue weighted by Crippen LogP contribution is 2.23. The van der Waals surface area contributed by atoms with Crippen LogP contribution in [0.4, 0.5) is 0 Å². The predicted octanol–water partition coefficient (Wildman–Crippen LogP) is 2.16. The van der Waals surface area contributed by atoms with E-state index in [-0.39, 0.29) is 6.04 Å². The number of aromatic carboxylic acids is 1. The third-order valence-corrected chi connectivity index (χ3v) is 3.99. The van der Waals surface area contributed by atoms with Gasteiger partial charge < -0.3 is 10.4 Å². The molecule has 0 amide bonds. The van der Waals surface area contributed by atoms with Crippen LogP contribution in [0.15, 0.2) is 24.3 Å². The van der Waals surface area contributed by atoms with Gasteiger partial charge in [0.15, 0.2) is 5.82 Å². The zero-order chi connectivity index (χ0) is 15.5. The van der Waals surface area contributed by atoms with Crippen LogP contribution in [0.25, 0.3) is 0 Å². The summed E-state index contributed by atoms with van der Waals surface area (Å²) in [7, 11) is 0. The van der Waals surface area contributed by atoms with Crippen LogP contribution in [-0.2, 0) is 19.5 Å². The van der Waals surface area contributed by atoms with Gasteiger partial charge in [-0.15, -0.1) is 0 Å². The number of rotatable bonds is 5. The van der Waals surface area contributed by atoms with Crippen LogP contribution < -0.4 is 5.32 Å². The van der Waals surface area contributed by atoms with Crippen molar-refractivity contribution in [3.8, 4) is 0 Å². The smallest absolute Gasteiger partial charge is 0.335 e. The standard InChI is InChI=1S/C16H20N4O2/c1-2-14-18-15-13(4-3-9-20(15)19-14)17-10-11-5-7-12(8-6-11)16(21)22/h5-8,13,17H,2-4,9-10H2,1H3,(H,21,22). The first-order valence-corrected chi connectivity index (χ1v) is 7.66. The molecule has 0 saturated carbocycles. The van der Waals surface area contributed by atoms with Gasteiger partial charge in [0.25, 0.3) is 0 Å². The van der Waals surface area contributed by atoms with Gasteiger partial charge >= 0.3 is 5.97 Å². The van der Waals surface area contributed by atoms with E-state index in [0.717, 1.165) is 43.0 Å². The van der Waals surface area contributed by atoms with Gasteiger partial charge in [0.2, 0.25) is 0 Å². The van der Waals surface area contributed by atoms with Crippen molar-refractivity contribution in [1.82, 2.24) is 20.1 Å². The van der Waals surface area contributed by atoms with E-state index in [1.165, 1.54) is 0 Å². The van der Waals surface area contributed by atoms with Gasteiger partial charge in [0.05, 0.1) is 11.6 Å².